The van der Waals surface area contributed by atoms with Crippen LogP contribution in [0.15, 0.2) is 30.3 Å². The zero-order valence-electron chi connectivity index (χ0n) is 31.2. The third kappa shape index (κ3) is 10.6. The van der Waals surface area contributed by atoms with Gasteiger partial charge >= 0.3 is 5.97 Å². The third-order valence-corrected chi connectivity index (χ3v) is 10.1. The summed E-state index contributed by atoms with van der Waals surface area (Å²) in [4.78, 5) is 24.8. The number of aliphatic hydroxyl groups excluding tert-OH is 10. The second-order valence-electron chi connectivity index (χ2n) is 14.3. The van der Waals surface area contributed by atoms with Crippen LogP contribution in [-0.4, -0.2) is 206 Å². The Kier molecular flexibility index (Phi) is 16.1. The molecule has 0 aromatic heterocycles. The molecule has 22 heteroatoms. The molecule has 5 rings (SSSR count). The summed E-state index contributed by atoms with van der Waals surface area (Å²) in [7, 11) is 0. The van der Waals surface area contributed by atoms with Crippen LogP contribution in [0.5, 0.6) is 0 Å². The predicted octanol–water partition coefficient (Wildman–Crippen LogP) is -5.78. The Labute approximate surface area is 326 Å². The second-order valence-corrected chi connectivity index (χ2v) is 14.3. The van der Waals surface area contributed by atoms with Crippen molar-refractivity contribution in [3.05, 3.63) is 35.9 Å². The first-order chi connectivity index (χ1) is 27.1. The SMILES string of the molecule is CC(=O)N[C@@H]1[C@@H](O[C@@H]2O[C@@H](C)[C@H](O)[C@@H](O[C@H]3O[C@H](CO)[C@@H](O)[C@H](O)[C@H]3OCc3ccccc3)[C@H]2OC(C)=O)[C@H](O)[C@@H](CO[C@H]2O[C@H](CO)[C@@H](O)[C@H](O)[C@H]2O)O[C@@H]1O. The van der Waals surface area contributed by atoms with Crippen LogP contribution in [0.25, 0.3) is 0 Å². The Balaban J connectivity index is 1.39. The van der Waals surface area contributed by atoms with Crippen LogP contribution < -0.4 is 5.32 Å². The van der Waals surface area contributed by atoms with Gasteiger partial charge < -0.3 is 99.0 Å². The molecular weight excluding hydrogens is 770 g/mol. The molecule has 0 saturated carbocycles. The van der Waals surface area contributed by atoms with Gasteiger partial charge in [-0.1, -0.05) is 30.3 Å². The number of nitrogens with one attached hydrogen (secondary N) is 1. The van der Waals surface area contributed by atoms with E-state index in [9.17, 15) is 60.7 Å². The van der Waals surface area contributed by atoms with Crippen LogP contribution in [-0.2, 0) is 58.8 Å². The van der Waals surface area contributed by atoms with Gasteiger partial charge in [-0.25, -0.2) is 0 Å². The number of carbonyl (C=O) groups excluding carboxylic acids is 2. The molecule has 57 heavy (non-hydrogen) atoms. The molecule has 1 aromatic carbocycles. The average molecular weight is 824 g/mol. The maximum absolute atomic E-state index is 12.5. The van der Waals surface area contributed by atoms with Gasteiger partial charge in [0.25, 0.3) is 0 Å². The Morgan fingerprint density at radius 2 is 1.23 bits per heavy atom. The molecule has 0 bridgehead atoms. The van der Waals surface area contributed by atoms with Crippen LogP contribution in [0.1, 0.15) is 26.3 Å². The summed E-state index contributed by atoms with van der Waals surface area (Å²) in [6.07, 6.45) is -30.8. The molecule has 1 amide bonds. The summed E-state index contributed by atoms with van der Waals surface area (Å²) in [5.74, 6) is -1.62. The van der Waals surface area contributed by atoms with E-state index in [2.05, 4.69) is 5.32 Å². The Bertz CT molecular complexity index is 1430. The quantitative estimate of drug-likeness (QED) is 0.0779. The minimum atomic E-state index is -1.90. The number of hydrogen-bond donors (Lipinski definition) is 11. The van der Waals surface area contributed by atoms with Gasteiger partial charge in [-0.3, -0.25) is 9.59 Å². The molecule has 11 N–H and O–H groups in total. The number of esters is 1. The summed E-state index contributed by atoms with van der Waals surface area (Å²) in [6.45, 7) is 1.27. The van der Waals surface area contributed by atoms with Crippen LogP contribution in [0.4, 0.5) is 0 Å². The number of carbonyl (C=O) groups is 2. The van der Waals surface area contributed by atoms with Crippen molar-refractivity contribution in [2.24, 2.45) is 0 Å². The third-order valence-electron chi connectivity index (χ3n) is 10.1. The van der Waals surface area contributed by atoms with Crippen molar-refractivity contribution in [1.29, 1.82) is 0 Å². The van der Waals surface area contributed by atoms with Crippen molar-refractivity contribution in [3.63, 3.8) is 0 Å². The molecule has 324 valence electrons. The van der Waals surface area contributed by atoms with Crippen LogP contribution in [0, 0.1) is 0 Å². The number of rotatable bonds is 14. The van der Waals surface area contributed by atoms with E-state index < -0.39 is 154 Å². The fourth-order valence-electron chi connectivity index (χ4n) is 7.00. The van der Waals surface area contributed by atoms with Crippen LogP contribution in [0.3, 0.4) is 0 Å². The molecule has 22 nitrogen and oxygen atoms in total. The largest absolute Gasteiger partial charge is 0.454 e. The van der Waals surface area contributed by atoms with Crippen molar-refractivity contribution < 1.29 is 103 Å². The first-order valence-electron chi connectivity index (χ1n) is 18.4. The second kappa shape index (κ2) is 20.1. The number of aliphatic hydroxyl groups is 10. The highest BCUT2D eigenvalue weighted by Crippen LogP contribution is 2.35. The first kappa shape index (κ1) is 45.5. The standard InChI is InChI=1S/C35H53NO21/c1-13-21(41)29(57-34-30(26(46)23(43)18(10-38)55-34)49-11-16-7-5-4-6-8-16)31(52-15(3)40)35(51-13)56-28-20(36-14(2)39)32(48)53-19(24(28)44)12-50-33-27(47)25(45)22(42)17(9-37)54-33/h4-8,13,17-35,37-38,41-48H,9-12H2,1-3H3,(H,36,39)/t13-,17+,18+,19+,20+,21-,22+,23+,24+,25-,26-,27+,28+,29+,30+,31+,32-,33-,34+,35-/m0/s1. The molecule has 0 aliphatic carbocycles. The van der Waals surface area contributed by atoms with E-state index in [1.807, 2.05) is 0 Å². The Morgan fingerprint density at radius 3 is 1.84 bits per heavy atom. The molecule has 20 atom stereocenters. The fraction of sp³-hybridized carbons (Fsp3) is 0.771. The zero-order chi connectivity index (χ0) is 41.7. The van der Waals surface area contributed by atoms with Gasteiger partial charge in [0.15, 0.2) is 31.3 Å². The van der Waals surface area contributed by atoms with E-state index in [0.29, 0.717) is 5.56 Å². The van der Waals surface area contributed by atoms with E-state index in [1.165, 1.54) is 6.92 Å². The molecule has 4 aliphatic rings. The molecule has 4 fully saturated rings. The van der Waals surface area contributed by atoms with Crippen LogP contribution in [0.2, 0.25) is 0 Å². The van der Waals surface area contributed by atoms with E-state index in [0.717, 1.165) is 13.8 Å². The van der Waals surface area contributed by atoms with E-state index in [-0.39, 0.29) is 6.61 Å². The zero-order valence-corrected chi connectivity index (χ0v) is 31.2. The summed E-state index contributed by atoms with van der Waals surface area (Å²) < 4.78 is 51.9. The molecule has 0 radical (unpaired) electrons. The number of benzene rings is 1. The minimum absolute atomic E-state index is 0.0933. The number of amides is 1. The first-order valence-corrected chi connectivity index (χ1v) is 18.4. The lowest BCUT2D eigenvalue weighted by molar-refractivity contribution is -0.374. The van der Waals surface area contributed by atoms with Gasteiger partial charge in [0, 0.05) is 13.8 Å². The lowest BCUT2D eigenvalue weighted by Gasteiger charge is -2.49. The average Bonchev–Trinajstić information content (AvgIpc) is 3.17. The van der Waals surface area contributed by atoms with Crippen molar-refractivity contribution in [3.8, 4) is 0 Å². The van der Waals surface area contributed by atoms with Crippen molar-refractivity contribution in [2.45, 2.75) is 150 Å². The van der Waals surface area contributed by atoms with E-state index in [4.69, 9.17) is 42.6 Å². The highest BCUT2D eigenvalue weighted by molar-refractivity contribution is 5.73. The predicted molar refractivity (Wildman–Crippen MR) is 183 cm³/mol. The molecule has 4 heterocycles. The molecule has 4 saturated heterocycles. The van der Waals surface area contributed by atoms with Gasteiger partial charge in [-0.2, -0.15) is 0 Å². The van der Waals surface area contributed by atoms with E-state index in [1.54, 1.807) is 30.3 Å². The van der Waals surface area contributed by atoms with Crippen molar-refractivity contribution >= 4 is 11.9 Å². The van der Waals surface area contributed by atoms with Gasteiger partial charge in [-0.15, -0.1) is 0 Å². The summed E-state index contributed by atoms with van der Waals surface area (Å²) in [5.41, 5.74) is 0.677. The molecule has 0 unspecified atom stereocenters. The lowest BCUT2D eigenvalue weighted by Crippen LogP contribution is -2.69. The summed E-state index contributed by atoms with van der Waals surface area (Å²) in [6, 6.07) is 7.24. The highest BCUT2D eigenvalue weighted by Gasteiger charge is 2.55. The molecular formula is C35H53NO21. The number of hydrogen-bond acceptors (Lipinski definition) is 21. The smallest absolute Gasteiger partial charge is 0.303 e. The molecule has 0 spiro atoms. The fourth-order valence-corrected chi connectivity index (χ4v) is 7.00. The highest BCUT2D eigenvalue weighted by atomic mass is 16.8. The molecule has 4 aliphatic heterocycles. The lowest BCUT2D eigenvalue weighted by atomic mass is 9.95. The van der Waals surface area contributed by atoms with Crippen molar-refractivity contribution in [2.75, 3.05) is 19.8 Å². The normalized spacial score (nSPS) is 43.9. The van der Waals surface area contributed by atoms with Crippen LogP contribution >= 0.6 is 0 Å². The van der Waals surface area contributed by atoms with Crippen molar-refractivity contribution in [1.82, 2.24) is 5.32 Å². The van der Waals surface area contributed by atoms with Gasteiger partial charge in [0.1, 0.15) is 85.4 Å². The van der Waals surface area contributed by atoms with Gasteiger partial charge in [0.2, 0.25) is 5.91 Å². The topological polar surface area (TPSA) is 332 Å². The number of ether oxygens (including phenoxy) is 9. The van der Waals surface area contributed by atoms with E-state index >= 15 is 0 Å². The Morgan fingerprint density at radius 1 is 0.632 bits per heavy atom. The summed E-state index contributed by atoms with van der Waals surface area (Å²) >= 11 is 0. The molecule has 1 aromatic rings. The summed E-state index contributed by atoms with van der Waals surface area (Å²) in [5, 5.41) is 108. The maximum atomic E-state index is 12.5. The van der Waals surface area contributed by atoms with Gasteiger partial charge in [0.05, 0.1) is 32.5 Å². The maximum Gasteiger partial charge on any atom is 0.303 e. The van der Waals surface area contributed by atoms with Gasteiger partial charge in [-0.05, 0) is 12.5 Å². The monoisotopic (exact) mass is 823 g/mol. The Hall–Kier alpha value is -2.56. The minimum Gasteiger partial charge on any atom is -0.454 e.